The Morgan fingerprint density at radius 2 is 2.17 bits per heavy atom. The van der Waals surface area contributed by atoms with Gasteiger partial charge in [0.2, 0.25) is 0 Å². The molecule has 0 amide bonds. The van der Waals surface area contributed by atoms with E-state index >= 15 is 0 Å². The topological polar surface area (TPSA) is 59.4 Å². The van der Waals surface area contributed by atoms with Gasteiger partial charge in [-0.3, -0.25) is 0 Å². The Morgan fingerprint density at radius 3 is 2.92 bits per heavy atom. The largest absolute Gasteiger partial charge is 0.450 e. The Kier molecular flexibility index (Phi) is 1.55. The number of hydrogen-bond acceptors (Lipinski definition) is 3. The molecule has 0 unspecified atom stereocenters. The molecule has 2 rings (SSSR count). The summed E-state index contributed by atoms with van der Waals surface area (Å²) < 4.78 is 5.15. The number of furan rings is 1. The number of fused-ring (bicyclic) bond motifs is 1. The van der Waals surface area contributed by atoms with Crippen LogP contribution in [0.15, 0.2) is 28.7 Å². The molecule has 4 heteroatoms. The van der Waals surface area contributed by atoms with Crippen molar-refractivity contribution in [3.63, 3.8) is 0 Å². The lowest BCUT2D eigenvalue weighted by atomic mass is 9.88. The molecule has 0 fully saturated rings. The average molecular weight is 160 g/mol. The smallest absolute Gasteiger partial charge is 0.326 e. The minimum absolute atomic E-state index is 0.389. The van der Waals surface area contributed by atoms with E-state index < -0.39 is 0 Å². The molecular weight excluding hydrogens is 153 g/mol. The third kappa shape index (κ3) is 1.06. The molecule has 0 spiro atoms. The van der Waals surface area contributed by atoms with Gasteiger partial charge in [0.15, 0.2) is 5.88 Å². The van der Waals surface area contributed by atoms with E-state index in [1.165, 1.54) is 0 Å². The molecule has 0 bridgehead atoms. The summed E-state index contributed by atoms with van der Waals surface area (Å²) in [6.45, 7) is 0. The van der Waals surface area contributed by atoms with E-state index in [0.29, 0.717) is 5.88 Å². The number of nitrogens with two attached hydrogens (primary N) is 1. The van der Waals surface area contributed by atoms with Crippen molar-refractivity contribution in [2.24, 2.45) is 0 Å². The van der Waals surface area contributed by atoms with E-state index in [4.69, 9.17) is 15.2 Å². The minimum Gasteiger partial charge on any atom is -0.450 e. The first-order valence-electron chi connectivity index (χ1n) is 3.56. The van der Waals surface area contributed by atoms with Crippen LogP contribution in [-0.4, -0.2) is 12.5 Å². The van der Waals surface area contributed by atoms with Gasteiger partial charge in [-0.05, 0) is 6.07 Å². The fourth-order valence-electron chi connectivity index (χ4n) is 1.16. The maximum absolute atomic E-state index is 8.72. The van der Waals surface area contributed by atoms with Crippen LogP contribution in [0, 0.1) is 0 Å². The summed E-state index contributed by atoms with van der Waals surface area (Å²) in [6.07, 6.45) is 0. The van der Waals surface area contributed by atoms with Crippen molar-refractivity contribution < 1.29 is 9.44 Å². The van der Waals surface area contributed by atoms with Crippen LogP contribution in [0.5, 0.6) is 0 Å². The second kappa shape index (κ2) is 2.57. The summed E-state index contributed by atoms with van der Waals surface area (Å²) in [7, 11) is 1.04. The van der Waals surface area contributed by atoms with Gasteiger partial charge in [-0.2, -0.15) is 0 Å². The quantitative estimate of drug-likeness (QED) is 0.587. The lowest BCUT2D eigenvalue weighted by molar-refractivity contribution is 0.615. The van der Waals surface area contributed by atoms with E-state index in [1.54, 1.807) is 24.3 Å². The highest BCUT2D eigenvalue weighted by Crippen LogP contribution is 2.18. The second-order valence-corrected chi connectivity index (χ2v) is 2.58. The second-order valence-electron chi connectivity index (χ2n) is 2.58. The zero-order valence-electron chi connectivity index (χ0n) is 6.32. The molecule has 0 aliphatic heterocycles. The number of benzene rings is 1. The monoisotopic (exact) mass is 160 g/mol. The van der Waals surface area contributed by atoms with Crippen molar-refractivity contribution in [3.05, 3.63) is 24.3 Å². The predicted octanol–water partition coefficient (Wildman–Crippen LogP) is 0.252. The van der Waals surface area contributed by atoms with Gasteiger partial charge in [0.05, 0.1) is 0 Å². The summed E-state index contributed by atoms with van der Waals surface area (Å²) in [5, 5.41) is 9.62. The van der Waals surface area contributed by atoms with Crippen LogP contribution in [0.25, 0.3) is 11.0 Å². The van der Waals surface area contributed by atoms with Crippen molar-refractivity contribution in [3.8, 4) is 0 Å². The molecule has 12 heavy (non-hydrogen) atoms. The molecule has 2 aromatic rings. The Balaban J connectivity index is 2.66. The lowest BCUT2D eigenvalue weighted by Gasteiger charge is -1.91. The summed E-state index contributed by atoms with van der Waals surface area (Å²) >= 11 is 0. The molecular formula is C8H7BNO2. The third-order valence-corrected chi connectivity index (χ3v) is 1.71. The van der Waals surface area contributed by atoms with Crippen molar-refractivity contribution in [1.29, 1.82) is 0 Å². The van der Waals surface area contributed by atoms with Crippen molar-refractivity contribution in [2.75, 3.05) is 5.73 Å². The van der Waals surface area contributed by atoms with Crippen LogP contribution in [0.1, 0.15) is 0 Å². The van der Waals surface area contributed by atoms with Gasteiger partial charge < -0.3 is 15.2 Å². The first-order valence-corrected chi connectivity index (χ1v) is 3.56. The van der Waals surface area contributed by atoms with E-state index in [1.807, 2.05) is 0 Å². The summed E-state index contributed by atoms with van der Waals surface area (Å²) in [4.78, 5) is 0. The maximum atomic E-state index is 8.72. The van der Waals surface area contributed by atoms with Crippen LogP contribution < -0.4 is 11.2 Å². The maximum Gasteiger partial charge on any atom is 0.326 e. The van der Waals surface area contributed by atoms with Gasteiger partial charge in [0.25, 0.3) is 0 Å². The molecule has 1 radical (unpaired) electrons. The Labute approximate surface area is 70.1 Å². The predicted molar refractivity (Wildman–Crippen MR) is 48.2 cm³/mol. The molecule has 1 aromatic heterocycles. The van der Waals surface area contributed by atoms with Crippen molar-refractivity contribution >= 4 is 29.8 Å². The number of rotatable bonds is 1. The number of nitrogen functional groups attached to an aromatic ring is 1. The molecule has 0 aliphatic rings. The summed E-state index contributed by atoms with van der Waals surface area (Å²) in [5.41, 5.74) is 6.92. The molecule has 3 N–H and O–H groups in total. The number of hydrogen-bond donors (Lipinski definition) is 2. The van der Waals surface area contributed by atoms with Crippen LogP contribution >= 0.6 is 0 Å². The number of anilines is 1. The first-order chi connectivity index (χ1) is 5.79. The van der Waals surface area contributed by atoms with E-state index in [9.17, 15) is 0 Å². The van der Waals surface area contributed by atoms with Gasteiger partial charge in [0.1, 0.15) is 5.58 Å². The molecule has 0 atom stereocenters. The zero-order valence-corrected chi connectivity index (χ0v) is 6.32. The fraction of sp³-hybridized carbons (Fsp3) is 0. The third-order valence-electron chi connectivity index (χ3n) is 1.71. The van der Waals surface area contributed by atoms with Crippen LogP contribution in [0.3, 0.4) is 0 Å². The first kappa shape index (κ1) is 7.25. The Bertz CT molecular complexity index is 410. The summed E-state index contributed by atoms with van der Waals surface area (Å²) in [5.74, 6) is 0.389. The lowest BCUT2D eigenvalue weighted by Crippen LogP contribution is -2.11. The van der Waals surface area contributed by atoms with Crippen LogP contribution in [-0.2, 0) is 0 Å². The molecule has 0 saturated heterocycles. The molecule has 1 heterocycles. The SMILES string of the molecule is Nc1cc2cc([B]O)ccc2o1. The molecule has 0 aliphatic carbocycles. The molecule has 0 saturated carbocycles. The molecule has 59 valence electrons. The highest BCUT2D eigenvalue weighted by atomic mass is 16.3. The highest BCUT2D eigenvalue weighted by molar-refractivity contribution is 6.45. The van der Waals surface area contributed by atoms with Gasteiger partial charge in [-0.1, -0.05) is 17.6 Å². The van der Waals surface area contributed by atoms with Crippen LogP contribution in [0.2, 0.25) is 0 Å². The highest BCUT2D eigenvalue weighted by Gasteiger charge is 2.01. The molecule has 1 aromatic carbocycles. The Hall–Kier alpha value is -1.42. The fourth-order valence-corrected chi connectivity index (χ4v) is 1.16. The van der Waals surface area contributed by atoms with E-state index in [2.05, 4.69) is 0 Å². The van der Waals surface area contributed by atoms with Crippen molar-refractivity contribution in [1.82, 2.24) is 0 Å². The molecule has 3 nitrogen and oxygen atoms in total. The van der Waals surface area contributed by atoms with E-state index in [-0.39, 0.29) is 0 Å². The average Bonchev–Trinajstić information content (AvgIpc) is 2.43. The summed E-state index contributed by atoms with van der Waals surface area (Å²) in [6, 6.07) is 7.05. The van der Waals surface area contributed by atoms with Gasteiger partial charge in [0, 0.05) is 11.5 Å². The van der Waals surface area contributed by atoms with E-state index in [0.717, 1.165) is 23.9 Å². The minimum atomic E-state index is 0.389. The normalized spacial score (nSPS) is 10.4. The van der Waals surface area contributed by atoms with Gasteiger partial charge in [-0.25, -0.2) is 0 Å². The van der Waals surface area contributed by atoms with Gasteiger partial charge in [-0.15, -0.1) is 0 Å². The van der Waals surface area contributed by atoms with Crippen LogP contribution in [0.4, 0.5) is 5.88 Å². The zero-order chi connectivity index (χ0) is 8.55. The van der Waals surface area contributed by atoms with Gasteiger partial charge >= 0.3 is 7.48 Å². The Morgan fingerprint density at radius 1 is 1.33 bits per heavy atom. The standard InChI is InChI=1S/C8H7BNO2/c10-8-4-5-3-6(9-11)1-2-7(5)12-8/h1-4,11H,10H2. The van der Waals surface area contributed by atoms with Crippen molar-refractivity contribution in [2.45, 2.75) is 0 Å².